The molecule has 2 aromatic rings. The standard InChI is InChI=1S/C16H21N3O2S2/c17-16(19-11-9-14-6-4-12-22-14)18-10-5-13-23(20,21)15-7-2-1-3-8-15/h1-4,6-8,12H,5,9-11,13H2,(H3,17,18,19). The number of aliphatic imine (C=N–C) groups is 1. The number of hydrogen-bond donors (Lipinski definition) is 2. The van der Waals surface area contributed by atoms with Crippen molar-refractivity contribution in [1.82, 2.24) is 5.32 Å². The van der Waals surface area contributed by atoms with Crippen LogP contribution in [-0.2, 0) is 16.3 Å². The fourth-order valence-corrected chi connectivity index (χ4v) is 4.05. The van der Waals surface area contributed by atoms with Gasteiger partial charge in [0, 0.05) is 18.0 Å². The molecule has 1 heterocycles. The van der Waals surface area contributed by atoms with E-state index in [1.54, 1.807) is 41.7 Å². The van der Waals surface area contributed by atoms with Crippen LogP contribution < -0.4 is 11.1 Å². The number of guanidine groups is 1. The Morgan fingerprint density at radius 1 is 1.17 bits per heavy atom. The highest BCUT2D eigenvalue weighted by Gasteiger charge is 2.12. The summed E-state index contributed by atoms with van der Waals surface area (Å²) in [7, 11) is -3.23. The van der Waals surface area contributed by atoms with Crippen LogP contribution in [0.1, 0.15) is 11.3 Å². The third-order valence-corrected chi connectivity index (χ3v) is 5.97. The molecule has 0 radical (unpaired) electrons. The van der Waals surface area contributed by atoms with E-state index in [9.17, 15) is 8.42 Å². The van der Waals surface area contributed by atoms with Gasteiger partial charge in [0.1, 0.15) is 0 Å². The molecule has 0 unspecified atom stereocenters. The molecule has 0 amide bonds. The summed E-state index contributed by atoms with van der Waals surface area (Å²) in [6, 6.07) is 12.6. The van der Waals surface area contributed by atoms with Gasteiger partial charge in [0.05, 0.1) is 10.6 Å². The zero-order valence-corrected chi connectivity index (χ0v) is 14.4. The van der Waals surface area contributed by atoms with Gasteiger partial charge in [-0.15, -0.1) is 11.3 Å². The van der Waals surface area contributed by atoms with Crippen molar-refractivity contribution in [3.63, 3.8) is 0 Å². The van der Waals surface area contributed by atoms with E-state index in [1.165, 1.54) is 4.88 Å². The van der Waals surface area contributed by atoms with Crippen molar-refractivity contribution in [2.45, 2.75) is 17.7 Å². The maximum atomic E-state index is 12.1. The molecule has 0 saturated carbocycles. The maximum absolute atomic E-state index is 12.1. The highest BCUT2D eigenvalue weighted by Crippen LogP contribution is 2.11. The smallest absolute Gasteiger partial charge is 0.188 e. The van der Waals surface area contributed by atoms with Crippen molar-refractivity contribution >= 4 is 27.1 Å². The van der Waals surface area contributed by atoms with Crippen LogP contribution in [0.2, 0.25) is 0 Å². The first kappa shape index (κ1) is 17.5. The highest BCUT2D eigenvalue weighted by molar-refractivity contribution is 7.91. The number of nitrogens with two attached hydrogens (primary N) is 1. The predicted octanol–water partition coefficient (Wildman–Crippen LogP) is 2.06. The molecule has 0 spiro atoms. The lowest BCUT2D eigenvalue weighted by Crippen LogP contribution is -2.33. The molecule has 2 rings (SSSR count). The molecule has 23 heavy (non-hydrogen) atoms. The van der Waals surface area contributed by atoms with Crippen LogP contribution in [-0.4, -0.2) is 33.2 Å². The summed E-state index contributed by atoms with van der Waals surface area (Å²) in [6.45, 7) is 1.11. The monoisotopic (exact) mass is 351 g/mol. The lowest BCUT2D eigenvalue weighted by atomic mass is 10.3. The molecule has 0 aliphatic heterocycles. The van der Waals surface area contributed by atoms with Crippen LogP contribution in [0.3, 0.4) is 0 Å². The van der Waals surface area contributed by atoms with Crippen molar-refractivity contribution in [3.05, 3.63) is 52.7 Å². The minimum Gasteiger partial charge on any atom is -0.370 e. The lowest BCUT2D eigenvalue weighted by Gasteiger charge is -2.05. The number of benzene rings is 1. The van der Waals surface area contributed by atoms with E-state index in [0.717, 1.165) is 13.0 Å². The predicted molar refractivity (Wildman–Crippen MR) is 95.6 cm³/mol. The summed E-state index contributed by atoms with van der Waals surface area (Å²) < 4.78 is 24.2. The van der Waals surface area contributed by atoms with Crippen LogP contribution in [0.4, 0.5) is 0 Å². The number of sulfone groups is 1. The van der Waals surface area contributed by atoms with Crippen molar-refractivity contribution in [2.75, 3.05) is 18.8 Å². The van der Waals surface area contributed by atoms with Crippen LogP contribution >= 0.6 is 11.3 Å². The molecule has 0 aliphatic rings. The van der Waals surface area contributed by atoms with Crippen LogP contribution in [0, 0.1) is 0 Å². The number of hydrogen-bond acceptors (Lipinski definition) is 4. The Morgan fingerprint density at radius 2 is 1.96 bits per heavy atom. The Bertz CT molecular complexity index is 711. The molecular weight excluding hydrogens is 330 g/mol. The van der Waals surface area contributed by atoms with Crippen LogP contribution in [0.5, 0.6) is 0 Å². The van der Waals surface area contributed by atoms with Crippen molar-refractivity contribution in [2.24, 2.45) is 10.7 Å². The SMILES string of the molecule is NC(=NCCCS(=O)(=O)c1ccccc1)NCCc1cccs1. The molecule has 0 aliphatic carbocycles. The Balaban J connectivity index is 1.69. The molecule has 7 heteroatoms. The summed E-state index contributed by atoms with van der Waals surface area (Å²) in [5.41, 5.74) is 5.77. The Hall–Kier alpha value is -1.86. The first-order valence-corrected chi connectivity index (χ1v) is 9.95. The van der Waals surface area contributed by atoms with Gasteiger partial charge >= 0.3 is 0 Å². The average Bonchev–Trinajstić information content (AvgIpc) is 3.06. The first-order valence-electron chi connectivity index (χ1n) is 7.42. The fraction of sp³-hybridized carbons (Fsp3) is 0.312. The zero-order chi connectivity index (χ0) is 16.5. The van der Waals surface area contributed by atoms with E-state index in [-0.39, 0.29) is 5.75 Å². The molecular formula is C16H21N3O2S2. The normalized spacial score (nSPS) is 12.3. The van der Waals surface area contributed by atoms with Gasteiger partial charge in [-0.25, -0.2) is 8.42 Å². The van der Waals surface area contributed by atoms with Gasteiger partial charge in [-0.1, -0.05) is 24.3 Å². The molecule has 0 bridgehead atoms. The minimum absolute atomic E-state index is 0.0724. The topological polar surface area (TPSA) is 84.5 Å². The first-order chi connectivity index (χ1) is 11.1. The molecule has 0 fully saturated rings. The highest BCUT2D eigenvalue weighted by atomic mass is 32.2. The molecule has 3 N–H and O–H groups in total. The Labute approximate surface area is 141 Å². The Morgan fingerprint density at radius 3 is 2.65 bits per heavy atom. The average molecular weight is 351 g/mol. The van der Waals surface area contributed by atoms with Crippen molar-refractivity contribution < 1.29 is 8.42 Å². The maximum Gasteiger partial charge on any atom is 0.188 e. The van der Waals surface area contributed by atoms with E-state index in [1.807, 2.05) is 11.4 Å². The number of nitrogens with one attached hydrogen (secondary N) is 1. The fourth-order valence-electron chi connectivity index (χ4n) is 2.02. The van der Waals surface area contributed by atoms with Gasteiger partial charge in [-0.3, -0.25) is 4.99 Å². The Kier molecular flexibility index (Phi) is 6.61. The molecule has 0 saturated heterocycles. The summed E-state index contributed by atoms with van der Waals surface area (Å²) >= 11 is 1.71. The largest absolute Gasteiger partial charge is 0.370 e. The summed E-state index contributed by atoms with van der Waals surface area (Å²) in [4.78, 5) is 5.81. The quantitative estimate of drug-likeness (QED) is 0.433. The summed E-state index contributed by atoms with van der Waals surface area (Å²) in [5, 5.41) is 5.08. The lowest BCUT2D eigenvalue weighted by molar-refractivity contribution is 0.593. The number of thiophene rings is 1. The van der Waals surface area contributed by atoms with E-state index in [2.05, 4.69) is 16.4 Å². The van der Waals surface area contributed by atoms with Gasteiger partial charge in [0.15, 0.2) is 15.8 Å². The molecule has 1 aromatic carbocycles. The second-order valence-electron chi connectivity index (χ2n) is 5.01. The van der Waals surface area contributed by atoms with Crippen molar-refractivity contribution in [3.8, 4) is 0 Å². The van der Waals surface area contributed by atoms with Crippen molar-refractivity contribution in [1.29, 1.82) is 0 Å². The second kappa shape index (κ2) is 8.69. The van der Waals surface area contributed by atoms with Gasteiger partial charge < -0.3 is 11.1 Å². The molecule has 1 aromatic heterocycles. The van der Waals surface area contributed by atoms with E-state index in [4.69, 9.17) is 5.73 Å². The van der Waals surface area contributed by atoms with Crippen LogP contribution in [0.15, 0.2) is 57.7 Å². The number of rotatable bonds is 8. The molecule has 0 atom stereocenters. The molecule has 5 nitrogen and oxygen atoms in total. The second-order valence-corrected chi connectivity index (χ2v) is 8.15. The van der Waals surface area contributed by atoms with Gasteiger partial charge in [0.2, 0.25) is 0 Å². The third kappa shape index (κ3) is 6.03. The minimum atomic E-state index is -3.23. The van der Waals surface area contributed by atoms with Gasteiger partial charge in [-0.05, 0) is 36.4 Å². The van der Waals surface area contributed by atoms with Gasteiger partial charge in [-0.2, -0.15) is 0 Å². The molecule has 124 valence electrons. The number of nitrogens with zero attached hydrogens (tertiary/aromatic N) is 1. The van der Waals surface area contributed by atoms with E-state index < -0.39 is 9.84 Å². The van der Waals surface area contributed by atoms with E-state index in [0.29, 0.717) is 23.8 Å². The van der Waals surface area contributed by atoms with Gasteiger partial charge in [0.25, 0.3) is 0 Å². The summed E-state index contributed by atoms with van der Waals surface area (Å²) in [5.74, 6) is 0.432. The summed E-state index contributed by atoms with van der Waals surface area (Å²) in [6.07, 6.45) is 1.35. The van der Waals surface area contributed by atoms with Crippen LogP contribution in [0.25, 0.3) is 0 Å². The third-order valence-electron chi connectivity index (χ3n) is 3.21. The zero-order valence-electron chi connectivity index (χ0n) is 12.8. The van der Waals surface area contributed by atoms with E-state index >= 15 is 0 Å².